The second kappa shape index (κ2) is 4.86. The van der Waals surface area contributed by atoms with Crippen molar-refractivity contribution in [2.24, 2.45) is 7.05 Å². The lowest BCUT2D eigenvalue weighted by Crippen LogP contribution is -2.09. The Hall–Kier alpha value is -2.13. The van der Waals surface area contributed by atoms with Crippen LogP contribution in [0.5, 0.6) is 0 Å². The zero-order valence-corrected chi connectivity index (χ0v) is 10.7. The minimum atomic E-state index is 0.202. The number of nitriles is 1. The monoisotopic (exact) mass is 258 g/mol. The van der Waals surface area contributed by atoms with Crippen molar-refractivity contribution in [2.45, 2.75) is 25.4 Å². The normalized spacial score (nSPS) is 18.6. The molecule has 1 aliphatic rings. The molecule has 1 saturated heterocycles. The highest BCUT2D eigenvalue weighted by Gasteiger charge is 2.20. The van der Waals surface area contributed by atoms with Gasteiger partial charge >= 0.3 is 0 Å². The number of ether oxygens (including phenoxy) is 1. The molecule has 0 amide bonds. The molecule has 2 aromatic rings. The first-order valence-electron chi connectivity index (χ1n) is 6.27. The summed E-state index contributed by atoms with van der Waals surface area (Å²) in [4.78, 5) is 4.36. The topological polar surface area (TPSA) is 76.9 Å². The van der Waals surface area contributed by atoms with E-state index in [9.17, 15) is 0 Å². The van der Waals surface area contributed by atoms with Crippen LogP contribution in [0.4, 0.5) is 0 Å². The van der Waals surface area contributed by atoms with E-state index in [0.29, 0.717) is 23.7 Å². The van der Waals surface area contributed by atoms with Crippen LogP contribution in [-0.2, 0) is 18.2 Å². The van der Waals surface area contributed by atoms with E-state index in [1.54, 1.807) is 12.3 Å². The van der Waals surface area contributed by atoms with E-state index < -0.39 is 0 Å². The van der Waals surface area contributed by atoms with Gasteiger partial charge in [-0.15, -0.1) is 0 Å². The second-order valence-corrected chi connectivity index (χ2v) is 4.69. The maximum Gasteiger partial charge on any atom is 0.274 e. The molecule has 0 aliphatic carbocycles. The third-order valence-electron chi connectivity index (χ3n) is 3.26. The molecule has 3 heterocycles. The fourth-order valence-corrected chi connectivity index (χ4v) is 2.29. The summed E-state index contributed by atoms with van der Waals surface area (Å²) in [7, 11) is 1.85. The Morgan fingerprint density at radius 1 is 1.58 bits per heavy atom. The molecule has 1 aliphatic heterocycles. The summed E-state index contributed by atoms with van der Waals surface area (Å²) in [6.45, 7) is 0.818. The Morgan fingerprint density at radius 2 is 2.47 bits per heavy atom. The quantitative estimate of drug-likeness (QED) is 0.836. The van der Waals surface area contributed by atoms with Gasteiger partial charge in [0.1, 0.15) is 11.8 Å². The Bertz CT molecular complexity index is 617. The number of hydrogen-bond donors (Lipinski definition) is 0. The van der Waals surface area contributed by atoms with Crippen molar-refractivity contribution in [3.05, 3.63) is 23.7 Å². The van der Waals surface area contributed by atoms with E-state index in [-0.39, 0.29) is 6.10 Å². The molecule has 0 N–H and O–H groups in total. The molecular weight excluding hydrogens is 244 g/mol. The van der Waals surface area contributed by atoms with Crippen LogP contribution in [0.2, 0.25) is 0 Å². The van der Waals surface area contributed by atoms with Gasteiger partial charge in [-0.3, -0.25) is 0 Å². The maximum absolute atomic E-state index is 8.87. The average Bonchev–Trinajstić information content (AvgIpc) is 3.10. The van der Waals surface area contributed by atoms with Crippen molar-refractivity contribution in [2.75, 3.05) is 6.61 Å². The zero-order chi connectivity index (χ0) is 13.2. The minimum Gasteiger partial charge on any atom is -0.378 e. The third-order valence-corrected chi connectivity index (χ3v) is 3.26. The summed E-state index contributed by atoms with van der Waals surface area (Å²) in [6.07, 6.45) is 4.76. The summed E-state index contributed by atoms with van der Waals surface area (Å²) in [5.74, 6) is 1.10. The summed E-state index contributed by atoms with van der Waals surface area (Å²) in [5, 5.41) is 12.8. The Balaban J connectivity index is 1.80. The fraction of sp³-hybridized carbons (Fsp3) is 0.462. The molecule has 0 radical (unpaired) electrons. The molecule has 1 atom stereocenters. The maximum atomic E-state index is 8.87. The first-order chi connectivity index (χ1) is 9.26. The predicted octanol–water partition coefficient (Wildman–Crippen LogP) is 1.67. The summed E-state index contributed by atoms with van der Waals surface area (Å²) < 4.78 is 12.6. The molecule has 3 rings (SSSR count). The van der Waals surface area contributed by atoms with Gasteiger partial charge in [-0.2, -0.15) is 10.2 Å². The van der Waals surface area contributed by atoms with Gasteiger partial charge in [0.2, 0.25) is 0 Å². The van der Waals surface area contributed by atoms with Crippen LogP contribution in [-0.4, -0.2) is 27.4 Å². The summed E-state index contributed by atoms with van der Waals surface area (Å²) in [6, 6.07) is 3.83. The molecule has 0 saturated carbocycles. The van der Waals surface area contributed by atoms with Gasteiger partial charge in [-0.25, -0.2) is 0 Å². The Kier molecular flexibility index (Phi) is 3.05. The van der Waals surface area contributed by atoms with Gasteiger partial charge in [0.15, 0.2) is 5.82 Å². The lowest BCUT2D eigenvalue weighted by atomic mass is 10.2. The minimum absolute atomic E-state index is 0.202. The molecule has 0 aromatic carbocycles. The van der Waals surface area contributed by atoms with Gasteiger partial charge in [-0.1, -0.05) is 5.16 Å². The third kappa shape index (κ3) is 2.37. The standard InChI is InChI=1S/C13H14N4O2/c1-17-8-9(7-14)5-11(17)13-15-12(16-19-13)6-10-3-2-4-18-10/h5,8,10H,2-4,6H2,1H3/t10-/m1/s1. The molecule has 19 heavy (non-hydrogen) atoms. The van der Waals surface area contributed by atoms with Crippen molar-refractivity contribution in [1.29, 1.82) is 5.26 Å². The van der Waals surface area contributed by atoms with E-state index >= 15 is 0 Å². The van der Waals surface area contributed by atoms with Crippen molar-refractivity contribution < 1.29 is 9.26 Å². The number of nitrogens with zero attached hydrogens (tertiary/aromatic N) is 4. The van der Waals surface area contributed by atoms with Crippen molar-refractivity contribution >= 4 is 0 Å². The van der Waals surface area contributed by atoms with Crippen LogP contribution in [0.15, 0.2) is 16.8 Å². The molecule has 0 spiro atoms. The summed E-state index contributed by atoms with van der Waals surface area (Å²) in [5.41, 5.74) is 1.33. The van der Waals surface area contributed by atoms with Gasteiger partial charge in [-0.05, 0) is 18.9 Å². The van der Waals surface area contributed by atoms with Gasteiger partial charge in [0, 0.05) is 26.3 Å². The van der Waals surface area contributed by atoms with Crippen LogP contribution in [0.25, 0.3) is 11.6 Å². The van der Waals surface area contributed by atoms with Crippen LogP contribution in [0.3, 0.4) is 0 Å². The summed E-state index contributed by atoms with van der Waals surface area (Å²) >= 11 is 0. The van der Waals surface area contributed by atoms with E-state index in [4.69, 9.17) is 14.5 Å². The smallest absolute Gasteiger partial charge is 0.274 e. The SMILES string of the molecule is Cn1cc(C#N)cc1-c1nc(C[C@H]2CCCO2)no1. The van der Waals surface area contributed by atoms with Crippen molar-refractivity contribution in [1.82, 2.24) is 14.7 Å². The van der Waals surface area contributed by atoms with Gasteiger partial charge in [0.25, 0.3) is 5.89 Å². The van der Waals surface area contributed by atoms with Crippen LogP contribution < -0.4 is 0 Å². The number of rotatable bonds is 3. The molecule has 6 heteroatoms. The molecule has 2 aromatic heterocycles. The Labute approximate surface area is 110 Å². The molecule has 1 fully saturated rings. The zero-order valence-electron chi connectivity index (χ0n) is 10.7. The predicted molar refractivity (Wildman–Crippen MR) is 66.1 cm³/mol. The van der Waals surface area contributed by atoms with Crippen molar-refractivity contribution in [3.8, 4) is 17.7 Å². The van der Waals surface area contributed by atoms with E-state index in [0.717, 1.165) is 25.1 Å². The lowest BCUT2D eigenvalue weighted by molar-refractivity contribution is 0.109. The van der Waals surface area contributed by atoms with Crippen LogP contribution in [0.1, 0.15) is 24.2 Å². The number of aryl methyl sites for hydroxylation is 1. The van der Waals surface area contributed by atoms with Gasteiger partial charge < -0.3 is 13.8 Å². The average molecular weight is 258 g/mol. The first-order valence-corrected chi connectivity index (χ1v) is 6.27. The van der Waals surface area contributed by atoms with E-state index in [2.05, 4.69) is 16.2 Å². The number of aromatic nitrogens is 3. The van der Waals surface area contributed by atoms with E-state index in [1.165, 1.54) is 0 Å². The second-order valence-electron chi connectivity index (χ2n) is 4.69. The first kappa shape index (κ1) is 11.9. The molecule has 0 unspecified atom stereocenters. The highest BCUT2D eigenvalue weighted by molar-refractivity contribution is 5.52. The van der Waals surface area contributed by atoms with Crippen molar-refractivity contribution in [3.63, 3.8) is 0 Å². The largest absolute Gasteiger partial charge is 0.378 e. The van der Waals surface area contributed by atoms with Gasteiger partial charge in [0.05, 0.1) is 11.7 Å². The Morgan fingerprint density at radius 3 is 3.16 bits per heavy atom. The molecule has 0 bridgehead atoms. The fourth-order valence-electron chi connectivity index (χ4n) is 2.29. The lowest BCUT2D eigenvalue weighted by Gasteiger charge is -2.03. The van der Waals surface area contributed by atoms with Crippen LogP contribution in [0, 0.1) is 11.3 Å². The number of hydrogen-bond acceptors (Lipinski definition) is 5. The highest BCUT2D eigenvalue weighted by atomic mass is 16.5. The molecular formula is C13H14N4O2. The molecule has 6 nitrogen and oxygen atoms in total. The van der Waals surface area contributed by atoms with E-state index in [1.807, 2.05) is 11.6 Å². The highest BCUT2D eigenvalue weighted by Crippen LogP contribution is 2.21. The van der Waals surface area contributed by atoms with Crippen LogP contribution >= 0.6 is 0 Å². The molecule has 98 valence electrons.